The van der Waals surface area contributed by atoms with Gasteiger partial charge in [0.15, 0.2) is 0 Å². The van der Waals surface area contributed by atoms with Gasteiger partial charge in [0.2, 0.25) is 5.78 Å². The largest absolute Gasteiger partial charge is 0.397 e. The predicted octanol–water partition coefficient (Wildman–Crippen LogP) is 4.35. The highest BCUT2D eigenvalue weighted by atomic mass is 32.1. The number of alkyl halides is 1. The van der Waals surface area contributed by atoms with Gasteiger partial charge in [0.25, 0.3) is 0 Å². The molecule has 0 saturated heterocycles. The van der Waals surface area contributed by atoms with Gasteiger partial charge in [-0.05, 0) is 30.3 Å². The van der Waals surface area contributed by atoms with Crippen LogP contribution in [0, 0.1) is 0 Å². The number of anilines is 1. The second kappa shape index (κ2) is 6.22. The number of aromatic nitrogens is 2. The third-order valence-corrected chi connectivity index (χ3v) is 5.18. The average molecular weight is 351 g/mol. The van der Waals surface area contributed by atoms with E-state index in [1.54, 1.807) is 18.5 Å². The fourth-order valence-electron chi connectivity index (χ4n) is 2.73. The zero-order valence-corrected chi connectivity index (χ0v) is 14.0. The molecule has 0 aromatic carbocycles. The first kappa shape index (κ1) is 15.7. The Hall–Kier alpha value is -2.86. The number of nitrogens with two attached hydrogens (primary N) is 1. The van der Waals surface area contributed by atoms with Gasteiger partial charge in [0.05, 0.1) is 11.4 Å². The minimum atomic E-state index is -1.03. The van der Waals surface area contributed by atoms with Crippen molar-refractivity contribution in [2.24, 2.45) is 0 Å². The Bertz CT molecular complexity index is 1020. The van der Waals surface area contributed by atoms with Crippen molar-refractivity contribution in [1.82, 2.24) is 9.97 Å². The van der Waals surface area contributed by atoms with E-state index in [9.17, 15) is 9.18 Å². The smallest absolute Gasteiger partial charge is 0.204 e. The number of fused-ring (bicyclic) bond motifs is 1. The van der Waals surface area contributed by atoms with E-state index in [-0.39, 0.29) is 12.2 Å². The molecule has 1 atom stereocenters. The molecule has 0 aliphatic heterocycles. The summed E-state index contributed by atoms with van der Waals surface area (Å²) >= 11 is 1.26. The Morgan fingerprint density at radius 1 is 1.32 bits per heavy atom. The van der Waals surface area contributed by atoms with E-state index in [2.05, 4.69) is 9.97 Å². The number of halogens is 1. The maximum atomic E-state index is 13.2. The van der Waals surface area contributed by atoms with Crippen LogP contribution in [0.3, 0.4) is 0 Å². The molecule has 25 heavy (non-hydrogen) atoms. The summed E-state index contributed by atoms with van der Waals surface area (Å²) in [4.78, 5) is 22.6. The Labute approximate surface area is 147 Å². The maximum absolute atomic E-state index is 13.2. The van der Waals surface area contributed by atoms with E-state index in [4.69, 9.17) is 5.73 Å². The van der Waals surface area contributed by atoms with Crippen LogP contribution in [-0.4, -0.2) is 21.9 Å². The molecular weight excluding hydrogens is 337 g/mol. The number of allylic oxidation sites excluding steroid dienone is 4. The van der Waals surface area contributed by atoms with Crippen molar-refractivity contribution in [3.63, 3.8) is 0 Å². The molecule has 4 nitrogen and oxygen atoms in total. The lowest BCUT2D eigenvalue weighted by atomic mass is 10.0. The summed E-state index contributed by atoms with van der Waals surface area (Å²) in [6.45, 7) is 0. The molecule has 0 radical (unpaired) electrons. The summed E-state index contributed by atoms with van der Waals surface area (Å²) in [6.07, 6.45) is 7.17. The SMILES string of the molecule is Nc1c(C(=O)C2=CCC(F)C=C2)sc2nc(-c3cccnc3)ccc12. The van der Waals surface area contributed by atoms with Crippen molar-refractivity contribution in [3.8, 4) is 11.3 Å². The number of ketones is 1. The number of hydrogen-bond donors (Lipinski definition) is 1. The number of pyridine rings is 2. The molecule has 3 aromatic rings. The zero-order valence-electron chi connectivity index (χ0n) is 13.1. The van der Waals surface area contributed by atoms with Gasteiger partial charge in [-0.1, -0.05) is 12.2 Å². The van der Waals surface area contributed by atoms with Crippen molar-refractivity contribution >= 4 is 33.0 Å². The van der Waals surface area contributed by atoms with Gasteiger partial charge in [0.1, 0.15) is 15.9 Å². The van der Waals surface area contributed by atoms with Crippen molar-refractivity contribution in [2.75, 3.05) is 5.73 Å². The summed E-state index contributed by atoms with van der Waals surface area (Å²) in [7, 11) is 0. The first-order valence-electron chi connectivity index (χ1n) is 7.80. The van der Waals surface area contributed by atoms with Gasteiger partial charge >= 0.3 is 0 Å². The zero-order chi connectivity index (χ0) is 17.4. The van der Waals surface area contributed by atoms with Crippen molar-refractivity contribution in [3.05, 3.63) is 65.3 Å². The molecule has 0 saturated carbocycles. The number of Topliss-reactive ketones (excluding diaryl/α,β-unsaturated/α-hetero) is 1. The topological polar surface area (TPSA) is 68.9 Å². The van der Waals surface area contributed by atoms with Crippen molar-refractivity contribution < 1.29 is 9.18 Å². The fraction of sp³-hybridized carbons (Fsp3) is 0.105. The number of carbonyl (C=O) groups is 1. The van der Waals surface area contributed by atoms with Crippen LogP contribution in [0.25, 0.3) is 21.5 Å². The van der Waals surface area contributed by atoms with Gasteiger partial charge < -0.3 is 5.73 Å². The Balaban J connectivity index is 1.75. The molecule has 1 aliphatic rings. The molecule has 0 fully saturated rings. The number of hydrogen-bond acceptors (Lipinski definition) is 5. The van der Waals surface area contributed by atoms with Crippen LogP contribution < -0.4 is 5.73 Å². The molecule has 2 N–H and O–H groups in total. The van der Waals surface area contributed by atoms with Gasteiger partial charge in [-0.25, -0.2) is 9.37 Å². The first-order valence-corrected chi connectivity index (χ1v) is 8.61. The highest BCUT2D eigenvalue weighted by molar-refractivity contribution is 7.21. The van der Waals surface area contributed by atoms with Crippen LogP contribution in [0.4, 0.5) is 10.1 Å². The van der Waals surface area contributed by atoms with Crippen LogP contribution in [0.1, 0.15) is 16.1 Å². The summed E-state index contributed by atoms with van der Waals surface area (Å²) in [5.41, 5.74) is 8.74. The number of rotatable bonds is 3. The lowest BCUT2D eigenvalue weighted by molar-refractivity contribution is 0.104. The average Bonchev–Trinajstić information content (AvgIpc) is 2.98. The van der Waals surface area contributed by atoms with E-state index < -0.39 is 6.17 Å². The summed E-state index contributed by atoms with van der Waals surface area (Å²) in [6, 6.07) is 7.51. The molecule has 124 valence electrons. The van der Waals surface area contributed by atoms with Gasteiger partial charge in [-0.15, -0.1) is 11.3 Å². The molecule has 0 amide bonds. The standard InChI is InChI=1S/C19H14FN3OS/c20-13-5-3-11(4-6-13)17(24)18-16(21)14-7-8-15(23-19(14)25-18)12-2-1-9-22-10-12/h1-5,7-10,13H,6,21H2. The number of thiophene rings is 1. The lowest BCUT2D eigenvalue weighted by Gasteiger charge is -2.08. The molecule has 0 spiro atoms. The minimum Gasteiger partial charge on any atom is -0.397 e. The van der Waals surface area contributed by atoms with Gasteiger partial charge in [-0.2, -0.15) is 0 Å². The molecule has 1 aliphatic carbocycles. The Morgan fingerprint density at radius 2 is 2.20 bits per heavy atom. The normalized spacial score (nSPS) is 16.8. The van der Waals surface area contributed by atoms with Crippen LogP contribution in [0.2, 0.25) is 0 Å². The first-order chi connectivity index (χ1) is 12.1. The molecule has 1 unspecified atom stereocenters. The molecule has 3 heterocycles. The van der Waals surface area contributed by atoms with Crippen LogP contribution >= 0.6 is 11.3 Å². The molecule has 6 heteroatoms. The number of nitrogens with zero attached hydrogens (tertiary/aromatic N) is 2. The second-order valence-corrected chi connectivity index (χ2v) is 6.73. The summed E-state index contributed by atoms with van der Waals surface area (Å²) in [5, 5.41) is 0.754. The minimum absolute atomic E-state index is 0.188. The highest BCUT2D eigenvalue weighted by Gasteiger charge is 2.21. The summed E-state index contributed by atoms with van der Waals surface area (Å²) < 4.78 is 13.2. The van der Waals surface area contributed by atoms with Crippen LogP contribution in [-0.2, 0) is 0 Å². The van der Waals surface area contributed by atoms with E-state index in [1.807, 2.05) is 24.3 Å². The lowest BCUT2D eigenvalue weighted by Crippen LogP contribution is -2.07. The van der Waals surface area contributed by atoms with Crippen LogP contribution in [0.15, 0.2) is 60.5 Å². The Morgan fingerprint density at radius 3 is 2.92 bits per heavy atom. The van der Waals surface area contributed by atoms with E-state index in [0.717, 1.165) is 16.6 Å². The number of carbonyl (C=O) groups excluding carboxylic acids is 1. The number of nitrogen functional groups attached to an aromatic ring is 1. The quantitative estimate of drug-likeness (QED) is 0.712. The third-order valence-electron chi connectivity index (χ3n) is 4.07. The Kier molecular flexibility index (Phi) is 3.89. The van der Waals surface area contributed by atoms with Gasteiger partial charge in [-0.3, -0.25) is 9.78 Å². The highest BCUT2D eigenvalue weighted by Crippen LogP contribution is 2.36. The molecule has 4 rings (SSSR count). The van der Waals surface area contributed by atoms with E-state index in [0.29, 0.717) is 21.0 Å². The predicted molar refractivity (Wildman–Crippen MR) is 98.3 cm³/mol. The maximum Gasteiger partial charge on any atom is 0.204 e. The fourth-order valence-corrected chi connectivity index (χ4v) is 3.79. The van der Waals surface area contributed by atoms with E-state index >= 15 is 0 Å². The molecular formula is C19H14FN3OS. The molecule has 3 aromatic heterocycles. The van der Waals surface area contributed by atoms with Crippen molar-refractivity contribution in [1.29, 1.82) is 0 Å². The second-order valence-electron chi connectivity index (χ2n) is 5.74. The monoisotopic (exact) mass is 351 g/mol. The van der Waals surface area contributed by atoms with Crippen LogP contribution in [0.5, 0.6) is 0 Å². The summed E-state index contributed by atoms with van der Waals surface area (Å²) in [5.74, 6) is -0.188. The van der Waals surface area contributed by atoms with Gasteiger partial charge in [0, 0.05) is 35.3 Å². The van der Waals surface area contributed by atoms with Crippen molar-refractivity contribution in [2.45, 2.75) is 12.6 Å². The third kappa shape index (κ3) is 2.85. The molecule has 0 bridgehead atoms. The van der Waals surface area contributed by atoms with E-state index in [1.165, 1.54) is 23.5 Å².